The van der Waals surface area contributed by atoms with Crippen molar-refractivity contribution in [3.63, 3.8) is 0 Å². The maximum Gasteiger partial charge on any atom is 0.0829 e. The highest BCUT2D eigenvalue weighted by Crippen LogP contribution is 1.84. The molecule has 0 bridgehead atoms. The van der Waals surface area contributed by atoms with Crippen LogP contribution in [0.2, 0.25) is 0 Å². The Hall–Kier alpha value is -0.770. The van der Waals surface area contributed by atoms with Gasteiger partial charge < -0.3 is 9.84 Å². The van der Waals surface area contributed by atoms with Crippen LogP contribution in [0.25, 0.3) is 10.4 Å². The van der Waals surface area contributed by atoms with E-state index in [0.29, 0.717) is 0 Å². The third kappa shape index (κ3) is 5.10. The fourth-order valence-corrected chi connectivity index (χ4v) is 0.376. The Labute approximate surface area is 52.9 Å². The zero-order valence-electron chi connectivity index (χ0n) is 5.19. The molecule has 0 amide bonds. The number of aliphatic hydroxyl groups is 1. The van der Waals surface area contributed by atoms with Crippen LogP contribution in [-0.4, -0.2) is 31.5 Å². The molecule has 5 heteroatoms. The molecule has 0 spiro atoms. The molecule has 5 nitrogen and oxygen atoms in total. The van der Waals surface area contributed by atoms with E-state index in [-0.39, 0.29) is 13.2 Å². The molecule has 1 atom stereocenters. The van der Waals surface area contributed by atoms with Crippen LogP contribution < -0.4 is 0 Å². The second-order valence-corrected chi connectivity index (χ2v) is 1.52. The zero-order valence-corrected chi connectivity index (χ0v) is 5.19. The van der Waals surface area contributed by atoms with Crippen molar-refractivity contribution in [2.24, 2.45) is 5.11 Å². The second kappa shape index (κ2) is 5.37. The van der Waals surface area contributed by atoms with Crippen LogP contribution in [0, 0.1) is 0 Å². The van der Waals surface area contributed by atoms with Gasteiger partial charge in [0.05, 0.1) is 19.3 Å². The monoisotopic (exact) mass is 131 g/mol. The van der Waals surface area contributed by atoms with Crippen molar-refractivity contribution in [1.29, 1.82) is 0 Å². The predicted octanol–water partition coefficient (Wildman–Crippen LogP) is 0.304. The van der Waals surface area contributed by atoms with Gasteiger partial charge in [0.25, 0.3) is 0 Å². The zero-order chi connectivity index (χ0) is 7.11. The quantitative estimate of drug-likeness (QED) is 0.338. The Morgan fingerprint density at radius 1 is 1.89 bits per heavy atom. The highest BCUT2D eigenvalue weighted by Gasteiger charge is 1.98. The number of hydrogen-bond donors (Lipinski definition) is 1. The van der Waals surface area contributed by atoms with Crippen LogP contribution in [0.1, 0.15) is 0 Å². The first kappa shape index (κ1) is 8.23. The first-order valence-electron chi connectivity index (χ1n) is 2.49. The van der Waals surface area contributed by atoms with Crippen molar-refractivity contribution >= 4 is 0 Å². The normalized spacial score (nSPS) is 12.2. The van der Waals surface area contributed by atoms with Crippen molar-refractivity contribution < 1.29 is 9.84 Å². The van der Waals surface area contributed by atoms with E-state index in [1.54, 1.807) is 0 Å². The molecule has 0 fully saturated rings. The summed E-state index contributed by atoms with van der Waals surface area (Å²) in [6.07, 6.45) is -0.675. The Morgan fingerprint density at radius 2 is 2.56 bits per heavy atom. The number of azide groups is 1. The van der Waals surface area contributed by atoms with Gasteiger partial charge in [-0.25, -0.2) is 0 Å². The minimum atomic E-state index is -0.675. The van der Waals surface area contributed by atoms with E-state index in [1.807, 2.05) is 0 Å². The summed E-state index contributed by atoms with van der Waals surface area (Å²) in [6.45, 7) is 0.281. The molecule has 0 aliphatic heterocycles. The lowest BCUT2D eigenvalue weighted by Crippen LogP contribution is -2.16. The lowest BCUT2D eigenvalue weighted by Gasteiger charge is -2.02. The van der Waals surface area contributed by atoms with E-state index in [1.165, 1.54) is 7.11 Å². The summed E-state index contributed by atoms with van der Waals surface area (Å²) in [5.41, 5.74) is 7.79. The minimum absolute atomic E-state index is 0.0737. The van der Waals surface area contributed by atoms with Crippen LogP contribution in [0.5, 0.6) is 0 Å². The third-order valence-corrected chi connectivity index (χ3v) is 0.715. The SMILES string of the molecule is COCC(O)CN=[N+]=[N-]. The van der Waals surface area contributed by atoms with Gasteiger partial charge in [-0.1, -0.05) is 5.11 Å². The second-order valence-electron chi connectivity index (χ2n) is 1.52. The Bertz CT molecular complexity index is 110. The van der Waals surface area contributed by atoms with E-state index in [2.05, 4.69) is 14.8 Å². The van der Waals surface area contributed by atoms with E-state index in [0.717, 1.165) is 0 Å². The summed E-state index contributed by atoms with van der Waals surface area (Å²) in [5.74, 6) is 0. The molecular weight excluding hydrogens is 122 g/mol. The van der Waals surface area contributed by atoms with E-state index >= 15 is 0 Å². The smallest absolute Gasteiger partial charge is 0.0829 e. The topological polar surface area (TPSA) is 78.2 Å². The standard InChI is InChI=1S/C4H9N3O2/c1-9-3-4(8)2-6-7-5/h4,8H,2-3H2,1H3. The average Bonchev–Trinajstić information content (AvgIpc) is 1.85. The molecule has 0 aliphatic carbocycles. The highest BCUT2D eigenvalue weighted by atomic mass is 16.5. The van der Waals surface area contributed by atoms with Gasteiger partial charge in [0.1, 0.15) is 0 Å². The summed E-state index contributed by atoms with van der Waals surface area (Å²) in [5, 5.41) is 11.9. The maximum atomic E-state index is 8.79. The molecule has 0 aromatic rings. The lowest BCUT2D eigenvalue weighted by atomic mass is 10.4. The molecule has 1 N–H and O–H groups in total. The molecule has 0 heterocycles. The van der Waals surface area contributed by atoms with Crippen LogP contribution in [0.3, 0.4) is 0 Å². The van der Waals surface area contributed by atoms with Crippen molar-refractivity contribution in [2.75, 3.05) is 20.3 Å². The van der Waals surface area contributed by atoms with E-state index < -0.39 is 6.10 Å². The Morgan fingerprint density at radius 3 is 3.00 bits per heavy atom. The summed E-state index contributed by atoms with van der Waals surface area (Å²) in [4.78, 5) is 2.47. The van der Waals surface area contributed by atoms with Crippen molar-refractivity contribution in [3.05, 3.63) is 10.4 Å². The molecule has 0 saturated heterocycles. The van der Waals surface area contributed by atoms with E-state index in [9.17, 15) is 0 Å². The van der Waals surface area contributed by atoms with Crippen LogP contribution >= 0.6 is 0 Å². The summed E-state index contributed by atoms with van der Waals surface area (Å²) >= 11 is 0. The van der Waals surface area contributed by atoms with Gasteiger partial charge in [0.15, 0.2) is 0 Å². The first-order chi connectivity index (χ1) is 4.31. The average molecular weight is 131 g/mol. The van der Waals surface area contributed by atoms with E-state index in [4.69, 9.17) is 10.6 Å². The molecule has 9 heavy (non-hydrogen) atoms. The number of rotatable bonds is 4. The van der Waals surface area contributed by atoms with Gasteiger partial charge in [-0.15, -0.1) is 0 Å². The Kier molecular flexibility index (Phi) is 4.91. The number of hydrogen-bond acceptors (Lipinski definition) is 3. The number of ether oxygens (including phenoxy) is 1. The largest absolute Gasteiger partial charge is 0.391 e. The molecule has 0 rings (SSSR count). The highest BCUT2D eigenvalue weighted by molar-refractivity contribution is 4.56. The summed E-state index contributed by atoms with van der Waals surface area (Å²) < 4.78 is 4.57. The lowest BCUT2D eigenvalue weighted by molar-refractivity contribution is 0.0702. The number of methoxy groups -OCH3 is 1. The number of aliphatic hydroxyl groups excluding tert-OH is 1. The fourth-order valence-electron chi connectivity index (χ4n) is 0.376. The van der Waals surface area contributed by atoms with Gasteiger partial charge in [-0.2, -0.15) is 0 Å². The van der Waals surface area contributed by atoms with Crippen LogP contribution in [-0.2, 0) is 4.74 Å². The molecule has 52 valence electrons. The molecular formula is C4H9N3O2. The fraction of sp³-hybridized carbons (Fsp3) is 1.00. The predicted molar refractivity (Wildman–Crippen MR) is 31.9 cm³/mol. The third-order valence-electron chi connectivity index (χ3n) is 0.715. The maximum absolute atomic E-state index is 8.79. The van der Waals surface area contributed by atoms with Crippen molar-refractivity contribution in [2.45, 2.75) is 6.10 Å². The van der Waals surface area contributed by atoms with Gasteiger partial charge >= 0.3 is 0 Å². The summed E-state index contributed by atoms with van der Waals surface area (Å²) in [7, 11) is 1.47. The van der Waals surface area contributed by atoms with Gasteiger partial charge in [-0.3, -0.25) is 0 Å². The molecule has 0 aromatic heterocycles. The van der Waals surface area contributed by atoms with Crippen LogP contribution in [0.4, 0.5) is 0 Å². The minimum Gasteiger partial charge on any atom is -0.391 e. The van der Waals surface area contributed by atoms with Crippen molar-refractivity contribution in [3.8, 4) is 0 Å². The molecule has 0 saturated carbocycles. The van der Waals surface area contributed by atoms with Crippen LogP contribution in [0.15, 0.2) is 5.11 Å². The van der Waals surface area contributed by atoms with Gasteiger partial charge in [0, 0.05) is 12.0 Å². The first-order valence-corrected chi connectivity index (χ1v) is 2.49. The summed E-state index contributed by atoms with van der Waals surface area (Å²) in [6, 6.07) is 0. The van der Waals surface area contributed by atoms with Crippen molar-refractivity contribution in [1.82, 2.24) is 0 Å². The van der Waals surface area contributed by atoms with Gasteiger partial charge in [-0.05, 0) is 5.53 Å². The van der Waals surface area contributed by atoms with Gasteiger partial charge in [0.2, 0.25) is 0 Å². The number of nitrogens with zero attached hydrogens (tertiary/aromatic N) is 3. The molecule has 0 aliphatic rings. The molecule has 1 unspecified atom stereocenters. The molecule has 0 aromatic carbocycles. The molecule has 0 radical (unpaired) electrons. The Balaban J connectivity index is 3.25.